The Balaban J connectivity index is 2.67. The molecule has 16 nitrogen and oxygen atoms in total. The second-order valence-corrected chi connectivity index (χ2v) is 17.4. The van der Waals surface area contributed by atoms with E-state index in [9.17, 15) is 30.3 Å². The van der Waals surface area contributed by atoms with Gasteiger partial charge >= 0.3 is 0 Å². The van der Waals surface area contributed by atoms with E-state index in [2.05, 4.69) is 10.5 Å². The molecule has 2 rings (SSSR count). The second kappa shape index (κ2) is 22.9. The number of aliphatic hydroxyl groups is 5. The second-order valence-electron chi connectivity index (χ2n) is 17.4. The molecule has 10 unspecified atom stereocenters. The van der Waals surface area contributed by atoms with E-state index in [1.54, 1.807) is 41.0 Å². The van der Waals surface area contributed by atoms with Gasteiger partial charge in [-0.2, -0.15) is 0 Å². The van der Waals surface area contributed by atoms with Gasteiger partial charge < -0.3 is 68.8 Å². The highest BCUT2D eigenvalue weighted by Crippen LogP contribution is 2.40. The van der Waals surface area contributed by atoms with Gasteiger partial charge in [-0.3, -0.25) is 4.79 Å². The zero-order valence-corrected chi connectivity index (χ0v) is 37.0. The predicted octanol–water partition coefficient (Wildman–Crippen LogP) is 2.92. The number of methoxy groups -OCH3 is 2. The number of hydrogen-bond acceptors (Lipinski definition) is 15. The maximum atomic E-state index is 12.8. The average molecular weight is 823 g/mol. The number of ether oxygens (including phenoxy) is 7. The lowest BCUT2D eigenvalue weighted by Gasteiger charge is -2.48. The van der Waals surface area contributed by atoms with Gasteiger partial charge in [0.25, 0.3) is 0 Å². The molecule has 16 heteroatoms. The monoisotopic (exact) mass is 823 g/mol. The Morgan fingerprint density at radius 2 is 1.65 bits per heavy atom. The van der Waals surface area contributed by atoms with Crippen LogP contribution >= 0.6 is 0 Å². The summed E-state index contributed by atoms with van der Waals surface area (Å²) in [4.78, 5) is 17.2. The lowest BCUT2D eigenvalue weighted by molar-refractivity contribution is -0.314. The van der Waals surface area contributed by atoms with Gasteiger partial charge in [0, 0.05) is 51.5 Å². The summed E-state index contributed by atoms with van der Waals surface area (Å²) >= 11 is 0. The van der Waals surface area contributed by atoms with Crippen LogP contribution in [0.4, 0.5) is 0 Å². The Morgan fingerprint density at radius 3 is 2.21 bits per heavy atom. The van der Waals surface area contributed by atoms with Crippen LogP contribution in [0.5, 0.6) is 0 Å². The van der Waals surface area contributed by atoms with Crippen LogP contribution in [0, 0.1) is 23.7 Å². The molecule has 2 fully saturated rings. The van der Waals surface area contributed by atoms with Gasteiger partial charge in [-0.1, -0.05) is 46.2 Å². The van der Waals surface area contributed by atoms with Gasteiger partial charge in [0.1, 0.15) is 19.3 Å². The van der Waals surface area contributed by atoms with E-state index in [-0.39, 0.29) is 25.4 Å². The highest BCUT2D eigenvalue weighted by Gasteiger charge is 2.51. The number of oxime groups is 1. The molecule has 6 N–H and O–H groups in total. The van der Waals surface area contributed by atoms with Gasteiger partial charge in [0.15, 0.2) is 12.6 Å². The summed E-state index contributed by atoms with van der Waals surface area (Å²) in [6.45, 7) is 19.9. The molecule has 0 saturated carbocycles. The Bertz CT molecular complexity index is 1210. The fourth-order valence-corrected chi connectivity index (χ4v) is 8.85. The standard InChI is InChI=1S/C41H78N2O14/c1-15-16-39(9,48)35(46)26(5)33(53-18-17-50-12)23(2)20-40(10,49)37(57-38-32(45)30(43-29(8)44)19-25(4)54-38)27(6)34(24(3)22-42-52-14)56-31-21-41(11,51-13)36(47)28(7)55-31/h22-28,30-38,45-49H,15-21H2,1-14H3,(H,43,44)/t23?,24?,25-,26?,27?,28+,30+,31+,32-,33?,34?,35?,36+,37?,38+,39?,40?,41-/m1/s1. The van der Waals surface area contributed by atoms with Crippen molar-refractivity contribution in [2.45, 2.75) is 193 Å². The minimum atomic E-state index is -1.69. The number of nitrogens with one attached hydrogen (secondary N) is 1. The number of carbonyl (C=O) groups is 1. The van der Waals surface area contributed by atoms with Crippen LogP contribution in [0.2, 0.25) is 0 Å². The Labute approximate surface area is 341 Å². The number of nitrogens with zero attached hydrogens (tertiary/aromatic N) is 1. The zero-order chi connectivity index (χ0) is 43.5. The molecular formula is C41H78N2O14. The lowest BCUT2D eigenvalue weighted by Crippen LogP contribution is -2.61. The minimum Gasteiger partial charge on any atom is -0.399 e. The molecule has 2 saturated heterocycles. The summed E-state index contributed by atoms with van der Waals surface area (Å²) in [6, 6.07) is -0.678. The summed E-state index contributed by atoms with van der Waals surface area (Å²) in [6.07, 6.45) is -5.81. The molecule has 2 heterocycles. The predicted molar refractivity (Wildman–Crippen MR) is 213 cm³/mol. The van der Waals surface area contributed by atoms with Crippen molar-refractivity contribution < 1.29 is 68.3 Å². The van der Waals surface area contributed by atoms with E-state index in [1.807, 2.05) is 41.5 Å². The minimum absolute atomic E-state index is 0.0677. The number of aliphatic hydroxyl groups excluding tert-OH is 3. The summed E-state index contributed by atoms with van der Waals surface area (Å²) in [5.74, 6) is -2.45. The summed E-state index contributed by atoms with van der Waals surface area (Å²) in [5, 5.41) is 64.7. The van der Waals surface area contributed by atoms with Crippen LogP contribution in [0.25, 0.3) is 0 Å². The Morgan fingerprint density at radius 1 is 1.00 bits per heavy atom. The van der Waals surface area contributed by atoms with Crippen LogP contribution < -0.4 is 5.32 Å². The molecule has 57 heavy (non-hydrogen) atoms. The third kappa shape index (κ3) is 14.3. The Hall–Kier alpha value is -1.54. The fourth-order valence-electron chi connectivity index (χ4n) is 8.85. The van der Waals surface area contributed by atoms with Gasteiger partial charge in [0.2, 0.25) is 5.91 Å². The van der Waals surface area contributed by atoms with E-state index in [0.29, 0.717) is 25.9 Å². The third-order valence-electron chi connectivity index (χ3n) is 11.9. The maximum Gasteiger partial charge on any atom is 0.217 e. The van der Waals surface area contributed by atoms with Crippen molar-refractivity contribution in [2.24, 2.45) is 28.8 Å². The average Bonchev–Trinajstić information content (AvgIpc) is 3.12. The lowest BCUT2D eigenvalue weighted by atomic mass is 9.74. The first-order chi connectivity index (χ1) is 26.5. The SMILES string of the molecule is CCCC(C)(O)C(O)C(C)C(OCCOC)C(C)CC(C)(O)C(O[C@@H]1O[C@H](C)C[C@H](NC(C)=O)[C@H]1O)C(C)C(O[C@H]1C[C@@](C)(OC)[C@@H](O)[C@H](C)O1)C(C)C=NOC. The van der Waals surface area contributed by atoms with Crippen molar-refractivity contribution in [2.75, 3.05) is 34.5 Å². The van der Waals surface area contributed by atoms with E-state index in [4.69, 9.17) is 38.0 Å². The smallest absolute Gasteiger partial charge is 0.217 e. The van der Waals surface area contributed by atoms with E-state index < -0.39 is 108 Å². The zero-order valence-electron chi connectivity index (χ0n) is 37.0. The van der Waals surface area contributed by atoms with Crippen molar-refractivity contribution in [1.29, 1.82) is 0 Å². The fraction of sp³-hybridized carbons (Fsp3) is 0.951. The largest absolute Gasteiger partial charge is 0.399 e. The highest BCUT2D eigenvalue weighted by atomic mass is 16.7. The molecular weight excluding hydrogens is 744 g/mol. The number of carbonyl (C=O) groups excluding carboxylic acids is 1. The van der Waals surface area contributed by atoms with Gasteiger partial charge in [-0.15, -0.1) is 0 Å². The van der Waals surface area contributed by atoms with E-state index in [1.165, 1.54) is 21.1 Å². The number of rotatable bonds is 24. The van der Waals surface area contributed by atoms with Crippen LogP contribution in [0.1, 0.15) is 108 Å². The number of hydrogen-bond donors (Lipinski definition) is 6. The summed E-state index contributed by atoms with van der Waals surface area (Å²) in [5.41, 5.74) is -4.05. The molecule has 2 aliphatic heterocycles. The topological polar surface area (TPSA) is 216 Å². The quantitative estimate of drug-likeness (QED) is 0.0469. The van der Waals surface area contributed by atoms with Crippen molar-refractivity contribution >= 4 is 12.1 Å². The normalized spacial score (nSPS) is 33.6. The molecule has 336 valence electrons. The van der Waals surface area contributed by atoms with Crippen LogP contribution in [0.15, 0.2) is 5.16 Å². The molecule has 1 amide bonds. The van der Waals surface area contributed by atoms with Crippen molar-refractivity contribution in [3.63, 3.8) is 0 Å². The van der Waals surface area contributed by atoms with Crippen molar-refractivity contribution in [1.82, 2.24) is 5.32 Å². The Kier molecular flexibility index (Phi) is 20.7. The summed E-state index contributed by atoms with van der Waals surface area (Å²) in [7, 11) is 4.51. The van der Waals surface area contributed by atoms with Gasteiger partial charge in [0.05, 0.1) is 72.7 Å². The van der Waals surface area contributed by atoms with Crippen LogP contribution in [0.3, 0.4) is 0 Å². The highest BCUT2D eigenvalue weighted by molar-refractivity contribution is 5.73. The molecule has 0 radical (unpaired) electrons. The molecule has 0 aromatic rings. The molecule has 0 spiro atoms. The molecule has 0 aromatic heterocycles. The van der Waals surface area contributed by atoms with Crippen LogP contribution in [-0.4, -0.2) is 156 Å². The molecule has 0 bridgehead atoms. The molecule has 18 atom stereocenters. The van der Waals surface area contributed by atoms with Crippen molar-refractivity contribution in [3.05, 3.63) is 0 Å². The maximum absolute atomic E-state index is 12.8. The number of amides is 1. The van der Waals surface area contributed by atoms with E-state index >= 15 is 0 Å². The molecule has 0 aromatic carbocycles. The third-order valence-corrected chi connectivity index (χ3v) is 11.9. The molecule has 2 aliphatic rings. The van der Waals surface area contributed by atoms with Crippen LogP contribution in [-0.2, 0) is 42.8 Å². The summed E-state index contributed by atoms with van der Waals surface area (Å²) < 4.78 is 43.1. The first-order valence-corrected chi connectivity index (χ1v) is 20.6. The van der Waals surface area contributed by atoms with Crippen molar-refractivity contribution in [3.8, 4) is 0 Å². The first-order valence-electron chi connectivity index (χ1n) is 20.6. The molecule has 0 aliphatic carbocycles. The first kappa shape index (κ1) is 51.6. The van der Waals surface area contributed by atoms with Gasteiger partial charge in [-0.25, -0.2) is 0 Å². The van der Waals surface area contributed by atoms with Gasteiger partial charge in [-0.05, 0) is 59.8 Å². The van der Waals surface area contributed by atoms with E-state index in [0.717, 1.165) is 0 Å².